The predicted molar refractivity (Wildman–Crippen MR) is 52.0 cm³/mol. The Bertz CT molecular complexity index is 337. The van der Waals surface area contributed by atoms with E-state index in [4.69, 9.17) is 10.00 Å². The van der Waals surface area contributed by atoms with Crippen LogP contribution in [0.2, 0.25) is 0 Å². The predicted octanol–water partition coefficient (Wildman–Crippen LogP) is 1.89. The van der Waals surface area contributed by atoms with Gasteiger partial charge in [0.25, 0.3) is 0 Å². The fourth-order valence-electron chi connectivity index (χ4n) is 1.12. The number of benzene rings is 1. The maximum Gasteiger partial charge on any atom is 0.141 e. The van der Waals surface area contributed by atoms with Gasteiger partial charge < -0.3 is 9.53 Å². The molecule has 14 heavy (non-hydrogen) atoms. The highest BCUT2D eigenvalue weighted by molar-refractivity contribution is 5.66. The standard InChI is InChI=1S/C11H11NO2/c1-2-14-11-5-3-9(4-6-11)10(7-12)8-13/h3-6,8,10H,2H2,1H3/t10-/m0/s1. The molecule has 1 aromatic rings. The van der Waals surface area contributed by atoms with Crippen molar-refractivity contribution in [2.75, 3.05) is 6.61 Å². The second-order valence-electron chi connectivity index (χ2n) is 2.74. The number of rotatable bonds is 4. The topological polar surface area (TPSA) is 50.1 Å². The first-order valence-electron chi connectivity index (χ1n) is 4.39. The van der Waals surface area contributed by atoms with Crippen LogP contribution < -0.4 is 4.74 Å². The molecule has 0 spiro atoms. The summed E-state index contributed by atoms with van der Waals surface area (Å²) in [6.07, 6.45) is 0.635. The normalized spacial score (nSPS) is 11.4. The first-order valence-corrected chi connectivity index (χ1v) is 4.39. The van der Waals surface area contributed by atoms with E-state index in [0.29, 0.717) is 18.5 Å². The number of aldehydes is 1. The Kier molecular flexibility index (Phi) is 3.69. The summed E-state index contributed by atoms with van der Waals surface area (Å²) in [6, 6.07) is 8.88. The summed E-state index contributed by atoms with van der Waals surface area (Å²) >= 11 is 0. The van der Waals surface area contributed by atoms with Crippen LogP contribution in [0.1, 0.15) is 18.4 Å². The number of hydrogen-bond acceptors (Lipinski definition) is 3. The minimum absolute atomic E-state index is 0.606. The molecule has 0 saturated heterocycles. The molecule has 0 heterocycles. The molecule has 0 bridgehead atoms. The van der Waals surface area contributed by atoms with Gasteiger partial charge in [-0.25, -0.2) is 0 Å². The minimum Gasteiger partial charge on any atom is -0.494 e. The average molecular weight is 189 g/mol. The lowest BCUT2D eigenvalue weighted by Crippen LogP contribution is -1.97. The molecule has 0 aliphatic heterocycles. The van der Waals surface area contributed by atoms with E-state index in [0.717, 1.165) is 5.75 Å². The molecule has 1 aromatic carbocycles. The van der Waals surface area contributed by atoms with Crippen molar-refractivity contribution < 1.29 is 9.53 Å². The third-order valence-corrected chi connectivity index (χ3v) is 1.83. The lowest BCUT2D eigenvalue weighted by Gasteiger charge is -2.04. The number of ether oxygens (including phenoxy) is 1. The first-order chi connectivity index (χ1) is 6.81. The van der Waals surface area contributed by atoms with Crippen LogP contribution in [0, 0.1) is 11.3 Å². The number of carbonyl (C=O) groups excluding carboxylic acids is 1. The SMILES string of the molecule is CCOc1ccc([C@@H](C#N)C=O)cc1. The Morgan fingerprint density at radius 3 is 2.57 bits per heavy atom. The Morgan fingerprint density at radius 1 is 1.50 bits per heavy atom. The second-order valence-corrected chi connectivity index (χ2v) is 2.74. The van der Waals surface area contributed by atoms with Crippen LogP contribution in [0.15, 0.2) is 24.3 Å². The monoisotopic (exact) mass is 189 g/mol. The summed E-state index contributed by atoms with van der Waals surface area (Å²) in [5, 5.41) is 8.64. The van der Waals surface area contributed by atoms with Crippen LogP contribution in [-0.2, 0) is 4.79 Å². The molecule has 0 aliphatic rings. The minimum atomic E-state index is -0.675. The van der Waals surface area contributed by atoms with Gasteiger partial charge in [-0.15, -0.1) is 0 Å². The largest absolute Gasteiger partial charge is 0.494 e. The smallest absolute Gasteiger partial charge is 0.141 e. The first kappa shape index (κ1) is 10.3. The van der Waals surface area contributed by atoms with E-state index < -0.39 is 5.92 Å². The van der Waals surface area contributed by atoms with Gasteiger partial charge in [0.1, 0.15) is 18.0 Å². The van der Waals surface area contributed by atoms with Gasteiger partial charge in [-0.05, 0) is 24.6 Å². The maximum absolute atomic E-state index is 10.5. The number of nitriles is 1. The number of carbonyl (C=O) groups is 1. The molecule has 3 heteroatoms. The lowest BCUT2D eigenvalue weighted by molar-refractivity contribution is -0.108. The van der Waals surface area contributed by atoms with Crippen LogP contribution in [0.3, 0.4) is 0 Å². The van der Waals surface area contributed by atoms with Gasteiger partial charge in [-0.2, -0.15) is 5.26 Å². The van der Waals surface area contributed by atoms with Crippen molar-refractivity contribution in [3.05, 3.63) is 29.8 Å². The van der Waals surface area contributed by atoms with Gasteiger partial charge in [0, 0.05) is 0 Å². The number of hydrogen-bond donors (Lipinski definition) is 0. The Hall–Kier alpha value is -1.82. The molecule has 0 aromatic heterocycles. The molecule has 1 rings (SSSR count). The molecule has 0 unspecified atom stereocenters. The van der Waals surface area contributed by atoms with Gasteiger partial charge in [0.05, 0.1) is 12.7 Å². The fraction of sp³-hybridized carbons (Fsp3) is 0.273. The molecule has 0 radical (unpaired) electrons. The third-order valence-electron chi connectivity index (χ3n) is 1.83. The maximum atomic E-state index is 10.5. The molecule has 0 N–H and O–H groups in total. The van der Waals surface area contributed by atoms with Gasteiger partial charge in [0.15, 0.2) is 0 Å². The van der Waals surface area contributed by atoms with E-state index in [1.54, 1.807) is 24.3 Å². The summed E-state index contributed by atoms with van der Waals surface area (Å²) < 4.78 is 5.24. The van der Waals surface area contributed by atoms with Crippen molar-refractivity contribution in [1.29, 1.82) is 5.26 Å². The van der Waals surface area contributed by atoms with E-state index in [1.807, 2.05) is 13.0 Å². The highest BCUT2D eigenvalue weighted by Crippen LogP contribution is 2.17. The zero-order chi connectivity index (χ0) is 10.4. The average Bonchev–Trinajstić information content (AvgIpc) is 2.23. The zero-order valence-corrected chi connectivity index (χ0v) is 7.93. The van der Waals surface area contributed by atoms with Crippen molar-refractivity contribution in [1.82, 2.24) is 0 Å². The quantitative estimate of drug-likeness (QED) is 0.679. The van der Waals surface area contributed by atoms with Crippen molar-refractivity contribution >= 4 is 6.29 Å². The van der Waals surface area contributed by atoms with Crippen molar-refractivity contribution in [2.24, 2.45) is 0 Å². The highest BCUT2D eigenvalue weighted by atomic mass is 16.5. The molecular weight excluding hydrogens is 178 g/mol. The van der Waals surface area contributed by atoms with Crippen molar-refractivity contribution in [3.8, 4) is 11.8 Å². The second kappa shape index (κ2) is 5.03. The Morgan fingerprint density at radius 2 is 2.14 bits per heavy atom. The summed E-state index contributed by atoms with van der Waals surface area (Å²) in [6.45, 7) is 2.51. The molecule has 72 valence electrons. The van der Waals surface area contributed by atoms with E-state index in [1.165, 1.54) is 0 Å². The zero-order valence-electron chi connectivity index (χ0n) is 7.93. The Labute approximate surface area is 82.9 Å². The molecule has 0 amide bonds. The van der Waals surface area contributed by atoms with Crippen LogP contribution in [-0.4, -0.2) is 12.9 Å². The van der Waals surface area contributed by atoms with E-state index >= 15 is 0 Å². The van der Waals surface area contributed by atoms with Crippen LogP contribution >= 0.6 is 0 Å². The molecule has 0 aliphatic carbocycles. The molecule has 0 fully saturated rings. The highest BCUT2D eigenvalue weighted by Gasteiger charge is 2.07. The van der Waals surface area contributed by atoms with Gasteiger partial charge >= 0.3 is 0 Å². The van der Waals surface area contributed by atoms with Crippen LogP contribution in [0.25, 0.3) is 0 Å². The Balaban J connectivity index is 2.83. The molecule has 3 nitrogen and oxygen atoms in total. The summed E-state index contributed by atoms with van der Waals surface area (Å²) in [4.78, 5) is 10.5. The molecule has 1 atom stereocenters. The molecule has 0 saturated carbocycles. The van der Waals surface area contributed by atoms with E-state index in [-0.39, 0.29) is 0 Å². The lowest BCUT2D eigenvalue weighted by atomic mass is 10.0. The summed E-state index contributed by atoms with van der Waals surface area (Å²) in [5.74, 6) is 0.0736. The van der Waals surface area contributed by atoms with Gasteiger partial charge in [-0.1, -0.05) is 12.1 Å². The van der Waals surface area contributed by atoms with Gasteiger partial charge in [0.2, 0.25) is 0 Å². The van der Waals surface area contributed by atoms with Gasteiger partial charge in [-0.3, -0.25) is 0 Å². The fourth-order valence-corrected chi connectivity index (χ4v) is 1.12. The summed E-state index contributed by atoms with van der Waals surface area (Å²) in [5.41, 5.74) is 0.700. The summed E-state index contributed by atoms with van der Waals surface area (Å²) in [7, 11) is 0. The van der Waals surface area contributed by atoms with E-state index in [2.05, 4.69) is 0 Å². The van der Waals surface area contributed by atoms with Crippen molar-refractivity contribution in [2.45, 2.75) is 12.8 Å². The van der Waals surface area contributed by atoms with Crippen LogP contribution in [0.5, 0.6) is 5.75 Å². The van der Waals surface area contributed by atoms with Crippen molar-refractivity contribution in [3.63, 3.8) is 0 Å². The van der Waals surface area contributed by atoms with E-state index in [9.17, 15) is 4.79 Å². The molecular formula is C11H11NO2. The van der Waals surface area contributed by atoms with Crippen LogP contribution in [0.4, 0.5) is 0 Å². The third kappa shape index (κ3) is 2.33. The number of nitrogens with zero attached hydrogens (tertiary/aromatic N) is 1.